The molecule has 1 unspecified atom stereocenters. The molecular weight excluding hydrogens is 350 g/mol. The average molecular weight is 398 g/mol. The predicted octanol–water partition coefficient (Wildman–Crippen LogP) is 6.87. The third-order valence-electron chi connectivity index (χ3n) is 5.47. The first kappa shape index (κ1) is 26.9. The molecule has 0 saturated heterocycles. The average Bonchev–Trinajstić information content (AvgIpc) is 2.65. The van der Waals surface area contributed by atoms with Gasteiger partial charge in [0.25, 0.3) is 0 Å². The van der Waals surface area contributed by atoms with Crippen molar-refractivity contribution in [2.75, 3.05) is 6.54 Å². The Kier molecular flexibility index (Phi) is 19.9. The molecule has 0 aromatic carbocycles. The Hall–Kier alpha value is -1.06. The fraction of sp³-hybridized carbons (Fsp3) is 0.917. The summed E-state index contributed by atoms with van der Waals surface area (Å²) >= 11 is 0. The number of rotatable bonds is 21. The van der Waals surface area contributed by atoms with Crippen LogP contribution in [0.3, 0.4) is 0 Å². The van der Waals surface area contributed by atoms with Crippen LogP contribution in [0.15, 0.2) is 0 Å². The molecule has 2 N–H and O–H groups in total. The van der Waals surface area contributed by atoms with Gasteiger partial charge in [-0.3, -0.25) is 9.59 Å². The molecule has 28 heavy (non-hydrogen) atoms. The minimum absolute atomic E-state index is 0.227. The first-order valence-electron chi connectivity index (χ1n) is 12.0. The number of carbonyl (C=O) groups is 2. The van der Waals surface area contributed by atoms with Crippen LogP contribution in [0.25, 0.3) is 0 Å². The maximum atomic E-state index is 11.8. The van der Waals surface area contributed by atoms with Crippen LogP contribution in [-0.4, -0.2) is 23.5 Å². The van der Waals surface area contributed by atoms with Crippen LogP contribution in [-0.2, 0) is 9.59 Å². The molecular formula is C24H47NO3. The van der Waals surface area contributed by atoms with Gasteiger partial charge >= 0.3 is 5.97 Å². The lowest BCUT2D eigenvalue weighted by atomic mass is 9.98. The van der Waals surface area contributed by atoms with Crippen molar-refractivity contribution in [3.63, 3.8) is 0 Å². The third-order valence-corrected chi connectivity index (χ3v) is 5.47. The van der Waals surface area contributed by atoms with Crippen LogP contribution >= 0.6 is 0 Å². The summed E-state index contributed by atoms with van der Waals surface area (Å²) < 4.78 is 0. The van der Waals surface area contributed by atoms with Crippen LogP contribution in [0.4, 0.5) is 0 Å². The van der Waals surface area contributed by atoms with Crippen LogP contribution in [0.1, 0.15) is 129 Å². The molecule has 0 radical (unpaired) electrons. The second-order valence-corrected chi connectivity index (χ2v) is 8.54. The van der Waals surface area contributed by atoms with Gasteiger partial charge in [0.1, 0.15) is 0 Å². The number of nitrogens with one attached hydrogen (secondary N) is 1. The van der Waals surface area contributed by atoms with E-state index in [0.717, 1.165) is 25.8 Å². The Morgan fingerprint density at radius 2 is 1.25 bits per heavy atom. The van der Waals surface area contributed by atoms with Crippen molar-refractivity contribution in [2.24, 2.45) is 5.92 Å². The predicted molar refractivity (Wildman–Crippen MR) is 119 cm³/mol. The number of hydrogen-bond donors (Lipinski definition) is 2. The van der Waals surface area contributed by atoms with E-state index in [2.05, 4.69) is 19.2 Å². The molecule has 0 saturated carbocycles. The molecule has 0 aliphatic carbocycles. The zero-order chi connectivity index (χ0) is 20.9. The van der Waals surface area contributed by atoms with E-state index in [1.54, 1.807) is 0 Å². The summed E-state index contributed by atoms with van der Waals surface area (Å²) in [6.45, 7) is 5.22. The molecule has 0 aliphatic rings. The highest BCUT2D eigenvalue weighted by Gasteiger charge is 2.08. The summed E-state index contributed by atoms with van der Waals surface area (Å²) in [4.78, 5) is 22.3. The van der Waals surface area contributed by atoms with Crippen LogP contribution in [0, 0.1) is 5.92 Å². The zero-order valence-electron chi connectivity index (χ0n) is 18.8. The Labute approximate surface area is 174 Å². The van der Waals surface area contributed by atoms with Gasteiger partial charge in [-0.25, -0.2) is 0 Å². The fourth-order valence-corrected chi connectivity index (χ4v) is 3.63. The standard InChI is InChI=1S/C24H47NO3/c1-3-4-17-20-25-23(26)21-22(2)18-15-13-11-9-7-5-6-8-10-12-14-16-19-24(27)28/h22H,3-21H2,1-2H3,(H,25,26)(H,27,28). The van der Waals surface area contributed by atoms with E-state index >= 15 is 0 Å². The molecule has 1 atom stereocenters. The number of amides is 1. The lowest BCUT2D eigenvalue weighted by Crippen LogP contribution is -2.25. The zero-order valence-corrected chi connectivity index (χ0v) is 18.8. The SMILES string of the molecule is CCCCCNC(=O)CC(C)CCCCCCCCCCCCCCC(=O)O. The van der Waals surface area contributed by atoms with Crippen LogP contribution in [0.5, 0.6) is 0 Å². The Morgan fingerprint density at radius 3 is 1.75 bits per heavy atom. The molecule has 0 fully saturated rings. The number of aliphatic carboxylic acids is 1. The number of hydrogen-bond acceptors (Lipinski definition) is 2. The summed E-state index contributed by atoms with van der Waals surface area (Å²) in [5.41, 5.74) is 0. The molecule has 0 heterocycles. The number of unbranched alkanes of at least 4 members (excludes halogenated alkanes) is 13. The number of carboxylic acid groups (broad SMARTS) is 1. The van der Waals surface area contributed by atoms with Crippen molar-refractivity contribution >= 4 is 11.9 Å². The Morgan fingerprint density at radius 1 is 0.750 bits per heavy atom. The quantitative estimate of drug-likeness (QED) is 0.208. The minimum atomic E-state index is -0.669. The van der Waals surface area contributed by atoms with Crippen molar-refractivity contribution in [1.29, 1.82) is 0 Å². The topological polar surface area (TPSA) is 66.4 Å². The van der Waals surface area contributed by atoms with Gasteiger partial charge in [0.2, 0.25) is 5.91 Å². The maximum absolute atomic E-state index is 11.8. The highest BCUT2D eigenvalue weighted by atomic mass is 16.4. The number of carbonyl (C=O) groups excluding carboxylic acids is 1. The molecule has 1 amide bonds. The first-order chi connectivity index (χ1) is 13.6. The van der Waals surface area contributed by atoms with Crippen molar-refractivity contribution in [3.8, 4) is 0 Å². The lowest BCUT2D eigenvalue weighted by molar-refractivity contribution is -0.137. The summed E-state index contributed by atoms with van der Waals surface area (Å²) in [6, 6.07) is 0. The largest absolute Gasteiger partial charge is 0.481 e. The van der Waals surface area contributed by atoms with E-state index < -0.39 is 5.97 Å². The third kappa shape index (κ3) is 21.2. The van der Waals surface area contributed by atoms with E-state index in [4.69, 9.17) is 5.11 Å². The molecule has 4 nitrogen and oxygen atoms in total. The normalized spacial score (nSPS) is 12.1. The van der Waals surface area contributed by atoms with Crippen LogP contribution in [0.2, 0.25) is 0 Å². The van der Waals surface area contributed by atoms with Crippen molar-refractivity contribution in [3.05, 3.63) is 0 Å². The van der Waals surface area contributed by atoms with Gasteiger partial charge in [-0.1, -0.05) is 104 Å². The van der Waals surface area contributed by atoms with Crippen LogP contribution < -0.4 is 5.32 Å². The summed E-state index contributed by atoms with van der Waals surface area (Å²) in [6.07, 6.45) is 20.5. The molecule has 0 bridgehead atoms. The van der Waals surface area contributed by atoms with E-state index in [0.29, 0.717) is 18.8 Å². The molecule has 0 aromatic rings. The fourth-order valence-electron chi connectivity index (χ4n) is 3.63. The molecule has 166 valence electrons. The van der Waals surface area contributed by atoms with Gasteiger partial charge in [0, 0.05) is 19.4 Å². The molecule has 0 rings (SSSR count). The summed E-state index contributed by atoms with van der Waals surface area (Å²) in [5.74, 6) is 0.0601. The van der Waals surface area contributed by atoms with E-state index in [1.807, 2.05) is 0 Å². The van der Waals surface area contributed by atoms with Crippen molar-refractivity contribution < 1.29 is 14.7 Å². The van der Waals surface area contributed by atoms with E-state index in [9.17, 15) is 9.59 Å². The summed E-state index contributed by atoms with van der Waals surface area (Å²) in [7, 11) is 0. The molecule has 4 heteroatoms. The molecule has 0 spiro atoms. The van der Waals surface area contributed by atoms with Gasteiger partial charge in [-0.15, -0.1) is 0 Å². The summed E-state index contributed by atoms with van der Waals surface area (Å²) in [5, 5.41) is 11.6. The van der Waals surface area contributed by atoms with E-state index in [-0.39, 0.29) is 5.91 Å². The number of carboxylic acids is 1. The van der Waals surface area contributed by atoms with Crippen molar-refractivity contribution in [1.82, 2.24) is 5.32 Å². The minimum Gasteiger partial charge on any atom is -0.481 e. The van der Waals surface area contributed by atoms with E-state index in [1.165, 1.54) is 83.5 Å². The lowest BCUT2D eigenvalue weighted by Gasteiger charge is -2.11. The van der Waals surface area contributed by atoms with Gasteiger partial charge < -0.3 is 10.4 Å². The Balaban J connectivity index is 3.25. The van der Waals surface area contributed by atoms with Gasteiger partial charge in [-0.05, 0) is 18.8 Å². The Bertz CT molecular complexity index is 371. The van der Waals surface area contributed by atoms with Gasteiger partial charge in [0.15, 0.2) is 0 Å². The van der Waals surface area contributed by atoms with Crippen molar-refractivity contribution in [2.45, 2.75) is 129 Å². The van der Waals surface area contributed by atoms with Gasteiger partial charge in [-0.2, -0.15) is 0 Å². The monoisotopic (exact) mass is 397 g/mol. The molecule has 0 aliphatic heterocycles. The molecule has 0 aromatic heterocycles. The van der Waals surface area contributed by atoms with Gasteiger partial charge in [0.05, 0.1) is 0 Å². The smallest absolute Gasteiger partial charge is 0.303 e. The second-order valence-electron chi connectivity index (χ2n) is 8.54. The first-order valence-corrected chi connectivity index (χ1v) is 12.0. The maximum Gasteiger partial charge on any atom is 0.303 e. The highest BCUT2D eigenvalue weighted by Crippen LogP contribution is 2.16. The highest BCUT2D eigenvalue weighted by molar-refractivity contribution is 5.76. The second kappa shape index (κ2) is 20.7.